The quantitative estimate of drug-likeness (QED) is 0.423. The lowest BCUT2D eigenvalue weighted by atomic mass is 10.1. The number of benzene rings is 3. The molecule has 3 aromatic carbocycles. The summed E-state index contributed by atoms with van der Waals surface area (Å²) in [5.74, 6) is 0.869. The molecule has 186 valence electrons. The van der Waals surface area contributed by atoms with E-state index in [4.69, 9.17) is 9.47 Å². The molecule has 3 rings (SSSR count). The number of hydrogen-bond donors (Lipinski definition) is 1. The van der Waals surface area contributed by atoms with E-state index in [1.807, 2.05) is 68.4 Å². The van der Waals surface area contributed by atoms with Gasteiger partial charge in [0.15, 0.2) is 0 Å². The first-order chi connectivity index (χ1) is 16.8. The van der Waals surface area contributed by atoms with Crippen LogP contribution < -0.4 is 14.8 Å². The minimum atomic E-state index is -3.97. The van der Waals surface area contributed by atoms with Crippen molar-refractivity contribution in [1.82, 2.24) is 9.62 Å². The van der Waals surface area contributed by atoms with E-state index in [1.165, 1.54) is 10.4 Å². The summed E-state index contributed by atoms with van der Waals surface area (Å²) in [4.78, 5) is 13.1. The van der Waals surface area contributed by atoms with E-state index < -0.39 is 15.9 Å². The normalized spacial score (nSPS) is 12.3. The number of rotatable bonds is 11. The molecule has 0 heterocycles. The van der Waals surface area contributed by atoms with Crippen LogP contribution in [0.5, 0.6) is 11.5 Å². The molecule has 3 aromatic rings. The predicted octanol–water partition coefficient (Wildman–Crippen LogP) is 4.47. The first kappa shape index (κ1) is 26.2. The lowest BCUT2D eigenvalue weighted by Crippen LogP contribution is -2.41. The number of amides is 1. The summed E-state index contributed by atoms with van der Waals surface area (Å²) in [5.41, 5.74) is 2.30. The summed E-state index contributed by atoms with van der Waals surface area (Å²) in [6.07, 6.45) is 0. The molecule has 7 nitrogen and oxygen atoms in total. The number of sulfonamides is 1. The summed E-state index contributed by atoms with van der Waals surface area (Å²) in [6.45, 7) is 5.72. The van der Waals surface area contributed by atoms with Gasteiger partial charge in [0.2, 0.25) is 15.9 Å². The smallest absolute Gasteiger partial charge is 0.243 e. The lowest BCUT2D eigenvalue weighted by molar-refractivity contribution is -0.122. The van der Waals surface area contributed by atoms with Crippen LogP contribution in [0.15, 0.2) is 77.7 Å². The summed E-state index contributed by atoms with van der Waals surface area (Å²) in [5, 5.41) is 2.90. The fraction of sp³-hybridized carbons (Fsp3) is 0.296. The highest BCUT2D eigenvalue weighted by atomic mass is 32.2. The van der Waals surface area contributed by atoms with E-state index in [0.717, 1.165) is 11.1 Å². The zero-order valence-corrected chi connectivity index (χ0v) is 21.3. The highest BCUT2D eigenvalue weighted by Gasteiger charge is 2.28. The van der Waals surface area contributed by atoms with Gasteiger partial charge in [-0.3, -0.25) is 4.79 Å². The van der Waals surface area contributed by atoms with Crippen LogP contribution in [0, 0.1) is 6.92 Å². The highest BCUT2D eigenvalue weighted by molar-refractivity contribution is 7.89. The molecule has 1 amide bonds. The number of hydrogen-bond acceptors (Lipinski definition) is 5. The van der Waals surface area contributed by atoms with Crippen molar-refractivity contribution in [2.24, 2.45) is 0 Å². The van der Waals surface area contributed by atoms with Gasteiger partial charge in [-0.05, 0) is 56.2 Å². The Balaban J connectivity index is 1.86. The van der Waals surface area contributed by atoms with Gasteiger partial charge in [-0.2, -0.15) is 4.31 Å². The molecule has 0 spiro atoms. The molecule has 1 N–H and O–H groups in total. The van der Waals surface area contributed by atoms with Crippen molar-refractivity contribution in [2.45, 2.75) is 38.3 Å². The van der Waals surface area contributed by atoms with E-state index in [1.54, 1.807) is 26.2 Å². The molecule has 0 bridgehead atoms. The minimum Gasteiger partial charge on any atom is -0.496 e. The van der Waals surface area contributed by atoms with Crippen molar-refractivity contribution in [2.75, 3.05) is 20.3 Å². The van der Waals surface area contributed by atoms with Crippen LogP contribution >= 0.6 is 0 Å². The Morgan fingerprint density at radius 1 is 1.00 bits per heavy atom. The first-order valence-corrected chi connectivity index (χ1v) is 12.9. The number of methoxy groups -OCH3 is 1. The number of carbonyl (C=O) groups excluding carboxylic acids is 1. The van der Waals surface area contributed by atoms with E-state index in [9.17, 15) is 13.2 Å². The molecule has 8 heteroatoms. The highest BCUT2D eigenvalue weighted by Crippen LogP contribution is 2.26. The molecule has 1 unspecified atom stereocenters. The third kappa shape index (κ3) is 6.61. The van der Waals surface area contributed by atoms with Crippen LogP contribution in [-0.2, 0) is 21.4 Å². The van der Waals surface area contributed by atoms with Crippen LogP contribution in [0.3, 0.4) is 0 Å². The van der Waals surface area contributed by atoms with Gasteiger partial charge in [0.25, 0.3) is 0 Å². The number of ether oxygens (including phenoxy) is 2. The van der Waals surface area contributed by atoms with Gasteiger partial charge < -0.3 is 14.8 Å². The van der Waals surface area contributed by atoms with Crippen molar-refractivity contribution < 1.29 is 22.7 Å². The second-order valence-electron chi connectivity index (χ2n) is 8.15. The summed E-state index contributed by atoms with van der Waals surface area (Å²) in [6, 6.07) is 21.0. The SMILES string of the molecule is CCOc1ccc(S(=O)(=O)N(CC(=O)NC(C)c2ccccc2OC)Cc2ccccc2)cc1C. The summed E-state index contributed by atoms with van der Waals surface area (Å²) in [7, 11) is -2.40. The molecular weight excluding hydrogens is 464 g/mol. The van der Waals surface area contributed by atoms with Gasteiger partial charge >= 0.3 is 0 Å². The number of carbonyl (C=O) groups is 1. The van der Waals surface area contributed by atoms with Crippen LogP contribution in [0.4, 0.5) is 0 Å². The molecule has 0 saturated carbocycles. The number of nitrogens with zero attached hydrogens (tertiary/aromatic N) is 1. The maximum absolute atomic E-state index is 13.6. The minimum absolute atomic E-state index is 0.0614. The second-order valence-corrected chi connectivity index (χ2v) is 10.1. The molecule has 0 aliphatic carbocycles. The molecular formula is C27H32N2O5S. The van der Waals surface area contributed by atoms with Gasteiger partial charge in [0.1, 0.15) is 11.5 Å². The Kier molecular flexibility index (Phi) is 8.89. The predicted molar refractivity (Wildman–Crippen MR) is 136 cm³/mol. The third-order valence-electron chi connectivity index (χ3n) is 5.59. The Hall–Kier alpha value is -3.36. The van der Waals surface area contributed by atoms with Crippen molar-refractivity contribution >= 4 is 15.9 Å². The zero-order chi connectivity index (χ0) is 25.4. The largest absolute Gasteiger partial charge is 0.496 e. The number of nitrogens with one attached hydrogen (secondary N) is 1. The summed E-state index contributed by atoms with van der Waals surface area (Å²) < 4.78 is 39.4. The standard InChI is InChI=1S/C27H32N2O5S/c1-5-34-25-16-15-23(17-20(25)2)35(31,32)29(18-22-11-7-6-8-12-22)19-27(30)28-21(3)24-13-9-10-14-26(24)33-4/h6-17,21H,5,18-19H2,1-4H3,(H,28,30). The van der Waals surface area contributed by atoms with E-state index in [-0.39, 0.29) is 24.0 Å². The van der Waals surface area contributed by atoms with E-state index in [0.29, 0.717) is 23.7 Å². The molecule has 0 aliphatic rings. The third-order valence-corrected chi connectivity index (χ3v) is 7.38. The molecule has 1 atom stereocenters. The monoisotopic (exact) mass is 496 g/mol. The molecule has 0 fully saturated rings. The van der Waals surface area contributed by atoms with Gasteiger partial charge in [-0.1, -0.05) is 48.5 Å². The maximum atomic E-state index is 13.6. The Labute approximate surface area is 207 Å². The van der Waals surface area contributed by atoms with Gasteiger partial charge in [0.05, 0.1) is 31.2 Å². The van der Waals surface area contributed by atoms with Crippen molar-refractivity contribution in [3.8, 4) is 11.5 Å². The van der Waals surface area contributed by atoms with Crippen molar-refractivity contribution in [3.05, 3.63) is 89.5 Å². The van der Waals surface area contributed by atoms with Gasteiger partial charge in [-0.15, -0.1) is 0 Å². The first-order valence-electron chi connectivity index (χ1n) is 11.5. The fourth-order valence-electron chi connectivity index (χ4n) is 3.81. The van der Waals surface area contributed by atoms with Crippen molar-refractivity contribution in [1.29, 1.82) is 0 Å². The fourth-order valence-corrected chi connectivity index (χ4v) is 5.28. The molecule has 0 saturated heterocycles. The molecule has 0 aliphatic heterocycles. The average molecular weight is 497 g/mol. The van der Waals surface area contributed by atoms with Crippen LogP contribution in [0.25, 0.3) is 0 Å². The van der Waals surface area contributed by atoms with Crippen LogP contribution in [-0.4, -0.2) is 38.9 Å². The Morgan fingerprint density at radius 2 is 1.69 bits per heavy atom. The zero-order valence-electron chi connectivity index (χ0n) is 20.5. The molecule has 0 aromatic heterocycles. The Bertz CT molecular complexity index is 1250. The van der Waals surface area contributed by atoms with Gasteiger partial charge in [0, 0.05) is 12.1 Å². The topological polar surface area (TPSA) is 84.9 Å². The maximum Gasteiger partial charge on any atom is 0.243 e. The van der Waals surface area contributed by atoms with Gasteiger partial charge in [-0.25, -0.2) is 8.42 Å². The molecule has 35 heavy (non-hydrogen) atoms. The lowest BCUT2D eigenvalue weighted by Gasteiger charge is -2.24. The van der Waals surface area contributed by atoms with E-state index in [2.05, 4.69) is 5.32 Å². The molecule has 0 radical (unpaired) electrons. The van der Waals surface area contributed by atoms with Crippen LogP contribution in [0.2, 0.25) is 0 Å². The average Bonchev–Trinajstić information content (AvgIpc) is 2.85. The Morgan fingerprint density at radius 3 is 2.34 bits per heavy atom. The van der Waals surface area contributed by atoms with E-state index >= 15 is 0 Å². The van der Waals surface area contributed by atoms with Crippen LogP contribution in [0.1, 0.15) is 36.6 Å². The van der Waals surface area contributed by atoms with Crippen molar-refractivity contribution in [3.63, 3.8) is 0 Å². The second kappa shape index (κ2) is 11.9. The number of aryl methyl sites for hydroxylation is 1. The number of para-hydroxylation sites is 1. The summed E-state index contributed by atoms with van der Waals surface area (Å²) >= 11 is 0.